The predicted octanol–water partition coefficient (Wildman–Crippen LogP) is 2.17. The van der Waals surface area contributed by atoms with Gasteiger partial charge in [-0.3, -0.25) is 9.98 Å². The van der Waals surface area contributed by atoms with Crippen molar-refractivity contribution in [3.63, 3.8) is 0 Å². The molecule has 2 rings (SSSR count). The summed E-state index contributed by atoms with van der Waals surface area (Å²) in [6.07, 6.45) is 6.81. The van der Waals surface area contributed by atoms with Crippen molar-refractivity contribution in [2.24, 2.45) is 4.99 Å². The number of nitrogens with one attached hydrogen (secondary N) is 1. The quantitative estimate of drug-likeness (QED) is 0.254. The number of aliphatic imine (C=N–C) groups is 1. The second-order valence-corrected chi connectivity index (χ2v) is 5.91. The molecule has 8 heteroatoms. The molecular formula is C18H31IN4O3. The van der Waals surface area contributed by atoms with Crippen molar-refractivity contribution in [2.75, 3.05) is 53.6 Å². The molecule has 7 nitrogen and oxygen atoms in total. The first kappa shape index (κ1) is 22.9. The van der Waals surface area contributed by atoms with Crippen molar-refractivity contribution >= 4 is 29.9 Å². The highest BCUT2D eigenvalue weighted by Crippen LogP contribution is 2.14. The summed E-state index contributed by atoms with van der Waals surface area (Å²) in [5.41, 5.74) is 0. The summed E-state index contributed by atoms with van der Waals surface area (Å²) < 4.78 is 16.6. The van der Waals surface area contributed by atoms with E-state index in [9.17, 15) is 0 Å². The fourth-order valence-electron chi connectivity index (χ4n) is 2.78. The molecule has 1 saturated heterocycles. The van der Waals surface area contributed by atoms with E-state index in [1.54, 1.807) is 19.5 Å². The predicted molar refractivity (Wildman–Crippen MR) is 114 cm³/mol. The average molecular weight is 478 g/mol. The van der Waals surface area contributed by atoms with E-state index in [0.717, 1.165) is 57.3 Å². The summed E-state index contributed by atoms with van der Waals surface area (Å²) >= 11 is 0. The molecule has 0 radical (unpaired) electrons. The number of hydrogen-bond acceptors (Lipinski definition) is 5. The third kappa shape index (κ3) is 8.50. The highest BCUT2D eigenvalue weighted by molar-refractivity contribution is 14.0. The first-order valence-electron chi connectivity index (χ1n) is 8.92. The van der Waals surface area contributed by atoms with Gasteiger partial charge < -0.3 is 24.4 Å². The number of piperidine rings is 1. The third-order valence-electron chi connectivity index (χ3n) is 4.09. The Bertz CT molecular complexity index is 496. The topological polar surface area (TPSA) is 68.2 Å². The third-order valence-corrected chi connectivity index (χ3v) is 4.09. The SMILES string of the molecule is CN=C(NCCOc1cccnc1)N1CCC(OCCCOC)CC1.I. The average Bonchev–Trinajstić information content (AvgIpc) is 2.67. The van der Waals surface area contributed by atoms with Gasteiger partial charge in [0.15, 0.2) is 5.96 Å². The molecule has 0 unspecified atom stereocenters. The van der Waals surface area contributed by atoms with E-state index in [-0.39, 0.29) is 24.0 Å². The summed E-state index contributed by atoms with van der Waals surface area (Å²) in [4.78, 5) is 10.7. The van der Waals surface area contributed by atoms with Gasteiger partial charge in [-0.1, -0.05) is 0 Å². The van der Waals surface area contributed by atoms with Crippen LogP contribution in [0.5, 0.6) is 5.75 Å². The van der Waals surface area contributed by atoms with Crippen LogP contribution in [0.4, 0.5) is 0 Å². The maximum absolute atomic E-state index is 5.90. The smallest absolute Gasteiger partial charge is 0.193 e. The van der Waals surface area contributed by atoms with Crippen molar-refractivity contribution in [1.82, 2.24) is 15.2 Å². The van der Waals surface area contributed by atoms with Gasteiger partial charge in [0.05, 0.1) is 18.8 Å². The molecule has 0 saturated carbocycles. The summed E-state index contributed by atoms with van der Waals surface area (Å²) in [6, 6.07) is 3.77. The number of methoxy groups -OCH3 is 1. The van der Waals surface area contributed by atoms with E-state index in [4.69, 9.17) is 14.2 Å². The molecular weight excluding hydrogens is 447 g/mol. The van der Waals surface area contributed by atoms with Crippen LogP contribution in [-0.4, -0.2) is 75.6 Å². The van der Waals surface area contributed by atoms with Gasteiger partial charge >= 0.3 is 0 Å². The van der Waals surface area contributed by atoms with Gasteiger partial charge in [-0.15, -0.1) is 24.0 Å². The minimum atomic E-state index is 0. The molecule has 1 fully saturated rings. The Morgan fingerprint density at radius 2 is 2.12 bits per heavy atom. The van der Waals surface area contributed by atoms with Gasteiger partial charge in [0, 0.05) is 46.7 Å². The zero-order valence-corrected chi connectivity index (χ0v) is 18.1. The van der Waals surface area contributed by atoms with Crippen molar-refractivity contribution < 1.29 is 14.2 Å². The second kappa shape index (κ2) is 14.0. The van der Waals surface area contributed by atoms with E-state index >= 15 is 0 Å². The van der Waals surface area contributed by atoms with Crippen LogP contribution in [0.1, 0.15) is 19.3 Å². The molecule has 1 aliphatic rings. The number of halogens is 1. The Balaban J connectivity index is 0.00000338. The lowest BCUT2D eigenvalue weighted by molar-refractivity contribution is 0.00989. The van der Waals surface area contributed by atoms with E-state index in [1.165, 1.54) is 0 Å². The first-order valence-corrected chi connectivity index (χ1v) is 8.92. The van der Waals surface area contributed by atoms with Gasteiger partial charge in [0.2, 0.25) is 0 Å². The van der Waals surface area contributed by atoms with Crippen LogP contribution >= 0.6 is 24.0 Å². The summed E-state index contributed by atoms with van der Waals surface area (Å²) in [6.45, 7) is 4.72. The first-order chi connectivity index (χ1) is 12.3. The molecule has 0 atom stereocenters. The van der Waals surface area contributed by atoms with Crippen molar-refractivity contribution in [1.29, 1.82) is 0 Å². The van der Waals surface area contributed by atoms with Gasteiger partial charge in [0.1, 0.15) is 12.4 Å². The molecule has 0 aliphatic carbocycles. The molecule has 148 valence electrons. The monoisotopic (exact) mass is 478 g/mol. The molecule has 1 N–H and O–H groups in total. The zero-order chi connectivity index (χ0) is 17.7. The number of guanidine groups is 1. The Labute approximate surface area is 173 Å². The number of likely N-dealkylation sites (tertiary alicyclic amines) is 1. The van der Waals surface area contributed by atoms with Crippen LogP contribution in [0, 0.1) is 0 Å². The van der Waals surface area contributed by atoms with Crippen LogP contribution in [0.25, 0.3) is 0 Å². The number of nitrogens with zero attached hydrogens (tertiary/aromatic N) is 3. The van der Waals surface area contributed by atoms with Gasteiger partial charge in [-0.2, -0.15) is 0 Å². The van der Waals surface area contributed by atoms with E-state index in [2.05, 4.69) is 20.2 Å². The molecule has 1 aliphatic heterocycles. The minimum Gasteiger partial charge on any atom is -0.490 e. The van der Waals surface area contributed by atoms with Gasteiger partial charge in [-0.05, 0) is 31.4 Å². The number of pyridine rings is 1. The number of aromatic nitrogens is 1. The number of rotatable bonds is 9. The summed E-state index contributed by atoms with van der Waals surface area (Å²) in [5, 5.41) is 3.36. The Hall–Kier alpha value is -1.13. The summed E-state index contributed by atoms with van der Waals surface area (Å²) in [5.74, 6) is 1.71. The molecule has 0 aromatic carbocycles. The van der Waals surface area contributed by atoms with Crippen LogP contribution < -0.4 is 10.1 Å². The zero-order valence-electron chi connectivity index (χ0n) is 15.7. The summed E-state index contributed by atoms with van der Waals surface area (Å²) in [7, 11) is 3.54. The van der Waals surface area contributed by atoms with E-state index in [1.807, 2.05) is 19.2 Å². The van der Waals surface area contributed by atoms with Crippen molar-refractivity contribution in [3.8, 4) is 5.75 Å². The van der Waals surface area contributed by atoms with Crippen LogP contribution in [0.3, 0.4) is 0 Å². The lowest BCUT2D eigenvalue weighted by Gasteiger charge is -2.34. The lowest BCUT2D eigenvalue weighted by atomic mass is 10.1. The standard InChI is InChI=1S/C18H30N4O3.HI/c1-19-18(21-9-14-25-17-5-3-8-20-15-17)22-10-6-16(7-11-22)24-13-4-12-23-2;/h3,5,8,15-16H,4,6-7,9-14H2,1-2H3,(H,19,21);1H. The maximum atomic E-state index is 5.90. The van der Waals surface area contributed by atoms with Gasteiger partial charge in [-0.25, -0.2) is 0 Å². The van der Waals surface area contributed by atoms with Crippen LogP contribution in [0.15, 0.2) is 29.5 Å². The molecule has 1 aromatic heterocycles. The molecule has 1 aromatic rings. The van der Waals surface area contributed by atoms with Crippen molar-refractivity contribution in [3.05, 3.63) is 24.5 Å². The molecule has 0 spiro atoms. The Morgan fingerprint density at radius 3 is 2.77 bits per heavy atom. The van der Waals surface area contributed by atoms with E-state index < -0.39 is 0 Å². The van der Waals surface area contributed by atoms with Crippen LogP contribution in [-0.2, 0) is 9.47 Å². The maximum Gasteiger partial charge on any atom is 0.193 e. The van der Waals surface area contributed by atoms with Crippen molar-refractivity contribution in [2.45, 2.75) is 25.4 Å². The fourth-order valence-corrected chi connectivity index (χ4v) is 2.78. The molecule has 26 heavy (non-hydrogen) atoms. The molecule has 0 bridgehead atoms. The molecule has 2 heterocycles. The second-order valence-electron chi connectivity index (χ2n) is 5.91. The van der Waals surface area contributed by atoms with Crippen LogP contribution in [0.2, 0.25) is 0 Å². The lowest BCUT2D eigenvalue weighted by Crippen LogP contribution is -2.47. The highest BCUT2D eigenvalue weighted by Gasteiger charge is 2.21. The number of hydrogen-bond donors (Lipinski definition) is 1. The molecule has 0 amide bonds. The highest BCUT2D eigenvalue weighted by atomic mass is 127. The fraction of sp³-hybridized carbons (Fsp3) is 0.667. The minimum absolute atomic E-state index is 0. The Kier molecular flexibility index (Phi) is 12.3. The van der Waals surface area contributed by atoms with E-state index in [0.29, 0.717) is 19.3 Å². The van der Waals surface area contributed by atoms with Gasteiger partial charge in [0.25, 0.3) is 0 Å². The largest absolute Gasteiger partial charge is 0.490 e. The Morgan fingerprint density at radius 1 is 1.31 bits per heavy atom. The normalized spacial score (nSPS) is 15.5. The number of ether oxygens (including phenoxy) is 3.